The van der Waals surface area contributed by atoms with Crippen molar-refractivity contribution in [2.75, 3.05) is 11.4 Å². The quantitative estimate of drug-likeness (QED) is 0.776. The van der Waals surface area contributed by atoms with Crippen molar-refractivity contribution in [1.29, 1.82) is 0 Å². The van der Waals surface area contributed by atoms with Crippen molar-refractivity contribution < 1.29 is 9.59 Å². The Hall–Kier alpha value is -2.68. The van der Waals surface area contributed by atoms with Crippen molar-refractivity contribution in [3.05, 3.63) is 30.3 Å². The molecule has 0 spiro atoms. The zero-order valence-electron chi connectivity index (χ0n) is 14.1. The highest BCUT2D eigenvalue weighted by molar-refractivity contribution is 5.94. The van der Waals surface area contributed by atoms with Crippen LogP contribution in [0.15, 0.2) is 40.6 Å². The number of anilines is 1. The van der Waals surface area contributed by atoms with Crippen LogP contribution in [0.2, 0.25) is 0 Å². The van der Waals surface area contributed by atoms with Gasteiger partial charge in [-0.05, 0) is 18.6 Å². The molecule has 1 saturated heterocycles. The molecule has 0 saturated carbocycles. The van der Waals surface area contributed by atoms with Crippen molar-refractivity contribution in [2.45, 2.75) is 50.2 Å². The summed E-state index contributed by atoms with van der Waals surface area (Å²) < 4.78 is 0. The monoisotopic (exact) mass is 338 g/mol. The lowest BCUT2D eigenvalue weighted by molar-refractivity contribution is -0.124. The van der Waals surface area contributed by atoms with E-state index in [0.717, 1.165) is 5.69 Å². The summed E-state index contributed by atoms with van der Waals surface area (Å²) in [4.78, 5) is 26.2. The zero-order chi connectivity index (χ0) is 17.7. The minimum absolute atomic E-state index is 0.0234. The van der Waals surface area contributed by atoms with Gasteiger partial charge in [-0.15, -0.1) is 12.3 Å². The number of hydrogen-bond donors (Lipinski definition) is 1. The number of terminal acetylenes is 1. The molecule has 2 amide bonds. The lowest BCUT2D eigenvalue weighted by Crippen LogP contribution is -2.50. The van der Waals surface area contributed by atoms with Gasteiger partial charge in [0.2, 0.25) is 11.8 Å². The topological polar surface area (TPSA) is 74.1 Å². The highest BCUT2D eigenvalue weighted by Gasteiger charge is 2.39. The van der Waals surface area contributed by atoms with Crippen LogP contribution in [0.25, 0.3) is 0 Å². The molecule has 1 aromatic carbocycles. The number of benzene rings is 1. The largest absolute Gasteiger partial charge is 0.352 e. The molecule has 0 aromatic heterocycles. The van der Waals surface area contributed by atoms with E-state index < -0.39 is 5.66 Å². The molecule has 0 aliphatic carbocycles. The molecule has 2 aliphatic rings. The van der Waals surface area contributed by atoms with Crippen LogP contribution >= 0.6 is 0 Å². The molecule has 1 unspecified atom stereocenters. The second kappa shape index (κ2) is 7.47. The van der Waals surface area contributed by atoms with Gasteiger partial charge in [-0.25, -0.2) is 0 Å². The third-order valence-corrected chi connectivity index (χ3v) is 4.65. The molecule has 25 heavy (non-hydrogen) atoms. The molecular formula is C19H22N4O2. The van der Waals surface area contributed by atoms with Gasteiger partial charge in [0.05, 0.1) is 0 Å². The van der Waals surface area contributed by atoms with E-state index in [-0.39, 0.29) is 17.9 Å². The molecule has 0 bridgehead atoms. The smallest absolute Gasteiger partial charge is 0.227 e. The summed E-state index contributed by atoms with van der Waals surface area (Å²) in [5.41, 5.74) is 0.442. The second-order valence-corrected chi connectivity index (χ2v) is 6.53. The van der Waals surface area contributed by atoms with Crippen LogP contribution in [0.3, 0.4) is 0 Å². The van der Waals surface area contributed by atoms with Gasteiger partial charge in [0.1, 0.15) is 0 Å². The lowest BCUT2D eigenvalue weighted by Gasteiger charge is -2.33. The maximum absolute atomic E-state index is 12.2. The van der Waals surface area contributed by atoms with Crippen LogP contribution in [0.1, 0.15) is 38.5 Å². The molecule has 6 heteroatoms. The first-order valence-corrected chi connectivity index (χ1v) is 8.64. The van der Waals surface area contributed by atoms with Gasteiger partial charge in [-0.2, -0.15) is 10.2 Å². The van der Waals surface area contributed by atoms with Crippen LogP contribution in [0, 0.1) is 12.3 Å². The first kappa shape index (κ1) is 17.2. The second-order valence-electron chi connectivity index (χ2n) is 6.53. The normalized spacial score (nSPS) is 20.8. The number of carbonyl (C=O) groups is 2. The number of rotatable bonds is 7. The highest BCUT2D eigenvalue weighted by atomic mass is 16.2. The Labute approximate surface area is 147 Å². The number of amides is 2. The number of hydrogen-bond acceptors (Lipinski definition) is 4. The fourth-order valence-electron chi connectivity index (χ4n) is 3.10. The van der Waals surface area contributed by atoms with Crippen LogP contribution in [0.5, 0.6) is 0 Å². The van der Waals surface area contributed by atoms with Gasteiger partial charge in [0.15, 0.2) is 5.66 Å². The van der Waals surface area contributed by atoms with Crippen molar-refractivity contribution in [3.8, 4) is 12.3 Å². The maximum Gasteiger partial charge on any atom is 0.227 e. The lowest BCUT2D eigenvalue weighted by atomic mass is 10.0. The van der Waals surface area contributed by atoms with Crippen LogP contribution in [-0.4, -0.2) is 30.1 Å². The van der Waals surface area contributed by atoms with E-state index in [9.17, 15) is 9.59 Å². The first-order chi connectivity index (χ1) is 12.1. The fourth-order valence-corrected chi connectivity index (χ4v) is 3.10. The van der Waals surface area contributed by atoms with Crippen molar-refractivity contribution in [3.63, 3.8) is 0 Å². The predicted molar refractivity (Wildman–Crippen MR) is 94.8 cm³/mol. The molecular weight excluding hydrogens is 316 g/mol. The molecule has 1 N–H and O–H groups in total. The number of para-hydroxylation sites is 1. The summed E-state index contributed by atoms with van der Waals surface area (Å²) in [5, 5.41) is 11.1. The first-order valence-electron chi connectivity index (χ1n) is 8.64. The Kier molecular flexibility index (Phi) is 5.13. The Morgan fingerprint density at radius 3 is 2.76 bits per heavy atom. The maximum atomic E-state index is 12.2. The molecule has 1 fully saturated rings. The number of nitrogens with zero attached hydrogens (tertiary/aromatic N) is 3. The van der Waals surface area contributed by atoms with Gasteiger partial charge in [0.25, 0.3) is 0 Å². The number of carbonyl (C=O) groups excluding carboxylic acids is 2. The number of nitrogens with one attached hydrogen (secondary N) is 1. The van der Waals surface area contributed by atoms with E-state index in [1.807, 2.05) is 30.3 Å². The van der Waals surface area contributed by atoms with E-state index >= 15 is 0 Å². The standard InChI is InChI=1S/C19H22N4O2/c1-2-3-12-19(21-22-19)13-11-17(24)20-15-9-10-18(25)23(14-15)16-7-5-4-6-8-16/h1,4-8,15H,3,9-14H2,(H,20,24). The molecule has 2 aliphatic heterocycles. The third kappa shape index (κ3) is 4.44. The molecule has 0 radical (unpaired) electrons. The summed E-state index contributed by atoms with van der Waals surface area (Å²) in [6.07, 6.45) is 8.66. The number of piperidine rings is 1. The molecule has 1 atom stereocenters. The average Bonchev–Trinajstić information content (AvgIpc) is 3.41. The minimum Gasteiger partial charge on any atom is -0.352 e. The summed E-state index contributed by atoms with van der Waals surface area (Å²) in [7, 11) is 0. The van der Waals surface area contributed by atoms with Crippen molar-refractivity contribution >= 4 is 17.5 Å². The van der Waals surface area contributed by atoms with Gasteiger partial charge in [0, 0.05) is 50.4 Å². The Balaban J connectivity index is 1.49. The molecule has 6 nitrogen and oxygen atoms in total. The summed E-state index contributed by atoms with van der Waals surface area (Å²) in [5.74, 6) is 2.66. The molecule has 2 heterocycles. The highest BCUT2D eigenvalue weighted by Crippen LogP contribution is 2.37. The Morgan fingerprint density at radius 2 is 2.08 bits per heavy atom. The third-order valence-electron chi connectivity index (χ3n) is 4.65. The van der Waals surface area contributed by atoms with E-state index in [1.54, 1.807) is 4.90 Å². The minimum atomic E-state index is -0.428. The van der Waals surface area contributed by atoms with Gasteiger partial charge in [-0.1, -0.05) is 18.2 Å². The van der Waals surface area contributed by atoms with Gasteiger partial charge in [-0.3, -0.25) is 9.59 Å². The van der Waals surface area contributed by atoms with E-state index in [1.165, 1.54) is 0 Å². The van der Waals surface area contributed by atoms with E-state index in [2.05, 4.69) is 21.5 Å². The van der Waals surface area contributed by atoms with E-state index in [0.29, 0.717) is 45.1 Å². The Morgan fingerprint density at radius 1 is 1.32 bits per heavy atom. The van der Waals surface area contributed by atoms with Crippen molar-refractivity contribution in [1.82, 2.24) is 5.32 Å². The molecule has 1 aromatic rings. The van der Waals surface area contributed by atoms with Gasteiger partial charge < -0.3 is 10.2 Å². The average molecular weight is 338 g/mol. The van der Waals surface area contributed by atoms with Crippen LogP contribution < -0.4 is 10.2 Å². The SMILES string of the molecule is C#CCCC1(CCC(=O)NC2CCC(=O)N(c3ccccc3)C2)N=N1. The van der Waals surface area contributed by atoms with Crippen molar-refractivity contribution in [2.24, 2.45) is 10.2 Å². The molecule has 3 rings (SSSR count). The summed E-state index contributed by atoms with van der Waals surface area (Å²) >= 11 is 0. The van der Waals surface area contributed by atoms with E-state index in [4.69, 9.17) is 6.42 Å². The molecule has 130 valence electrons. The fraction of sp³-hybridized carbons (Fsp3) is 0.474. The predicted octanol–water partition coefficient (Wildman–Crippen LogP) is 2.65. The van der Waals surface area contributed by atoms with Crippen LogP contribution in [-0.2, 0) is 9.59 Å². The van der Waals surface area contributed by atoms with Crippen LogP contribution in [0.4, 0.5) is 5.69 Å². The van der Waals surface area contributed by atoms with Gasteiger partial charge >= 0.3 is 0 Å². The zero-order valence-corrected chi connectivity index (χ0v) is 14.1. The summed E-state index contributed by atoms with van der Waals surface area (Å²) in [6, 6.07) is 9.52. The summed E-state index contributed by atoms with van der Waals surface area (Å²) in [6.45, 7) is 0.506. The Bertz CT molecular complexity index is 702.